The van der Waals surface area contributed by atoms with E-state index in [-0.39, 0.29) is 37.1 Å². The largest absolute Gasteiger partial charge is 0.379 e. The standard InChI is InChI=1S/C29H39N3O6/c30-13-16-36-18-20-38-22-21-37-19-17-35-15-12-28(33)31-14-11-29(34)32-23-26-7-2-1-5-24(26)9-10-25-6-3-4-8-27(25)32/h1-6,8,26H,7,11-23,30H2,(H,31,33). The highest BCUT2D eigenvalue weighted by Crippen LogP contribution is 2.29. The Kier molecular flexibility index (Phi) is 13.6. The van der Waals surface area contributed by atoms with Crippen molar-refractivity contribution < 1.29 is 28.5 Å². The molecule has 0 saturated heterocycles. The number of anilines is 1. The summed E-state index contributed by atoms with van der Waals surface area (Å²) >= 11 is 0. The second-order valence-corrected chi connectivity index (χ2v) is 8.84. The van der Waals surface area contributed by atoms with E-state index in [1.54, 1.807) is 0 Å². The van der Waals surface area contributed by atoms with Crippen LogP contribution >= 0.6 is 0 Å². The fourth-order valence-corrected chi connectivity index (χ4v) is 4.05. The van der Waals surface area contributed by atoms with Crippen molar-refractivity contribution in [2.45, 2.75) is 19.3 Å². The lowest BCUT2D eigenvalue weighted by Crippen LogP contribution is -2.39. The Bertz CT molecular complexity index is 1010. The molecule has 3 rings (SSSR count). The number of para-hydroxylation sites is 1. The minimum Gasteiger partial charge on any atom is -0.379 e. The highest BCUT2D eigenvalue weighted by atomic mass is 16.6. The summed E-state index contributed by atoms with van der Waals surface area (Å²) in [5, 5.41) is 2.82. The molecule has 2 aliphatic rings. The Morgan fingerprint density at radius 3 is 2.34 bits per heavy atom. The van der Waals surface area contributed by atoms with Gasteiger partial charge in [-0.1, -0.05) is 42.2 Å². The van der Waals surface area contributed by atoms with Crippen LogP contribution in [0.1, 0.15) is 24.8 Å². The van der Waals surface area contributed by atoms with Gasteiger partial charge in [-0.25, -0.2) is 0 Å². The maximum atomic E-state index is 13.2. The highest BCUT2D eigenvalue weighted by Gasteiger charge is 2.25. The number of benzene rings is 1. The van der Waals surface area contributed by atoms with E-state index in [4.69, 9.17) is 24.7 Å². The minimum atomic E-state index is -0.148. The smallest absolute Gasteiger partial charge is 0.228 e. The number of nitrogens with zero attached hydrogens (tertiary/aromatic N) is 1. The van der Waals surface area contributed by atoms with Gasteiger partial charge in [0.1, 0.15) is 0 Å². The molecule has 1 aliphatic carbocycles. The van der Waals surface area contributed by atoms with Crippen molar-refractivity contribution in [2.24, 2.45) is 11.7 Å². The number of allylic oxidation sites excluding steroid dienone is 3. The summed E-state index contributed by atoms with van der Waals surface area (Å²) in [4.78, 5) is 27.2. The molecule has 206 valence electrons. The van der Waals surface area contributed by atoms with Gasteiger partial charge in [-0.15, -0.1) is 0 Å². The van der Waals surface area contributed by atoms with Crippen molar-refractivity contribution >= 4 is 17.5 Å². The molecule has 1 atom stereocenters. The summed E-state index contributed by atoms with van der Waals surface area (Å²) in [6.45, 7) is 4.99. The monoisotopic (exact) mass is 525 g/mol. The molecule has 0 fully saturated rings. The number of carbonyl (C=O) groups excluding carboxylic acids is 2. The summed E-state index contributed by atoms with van der Waals surface area (Å²) in [7, 11) is 0. The summed E-state index contributed by atoms with van der Waals surface area (Å²) in [5.74, 6) is 6.51. The third kappa shape index (κ3) is 10.4. The Balaban J connectivity index is 1.28. The minimum absolute atomic E-state index is 0.0317. The number of hydrogen-bond acceptors (Lipinski definition) is 7. The molecule has 0 spiro atoms. The van der Waals surface area contributed by atoms with Gasteiger partial charge in [0.15, 0.2) is 0 Å². The Hall–Kier alpha value is -3.00. The molecule has 1 heterocycles. The van der Waals surface area contributed by atoms with Crippen LogP contribution in [0.15, 0.2) is 48.1 Å². The zero-order valence-electron chi connectivity index (χ0n) is 22.0. The zero-order chi connectivity index (χ0) is 26.8. The zero-order valence-corrected chi connectivity index (χ0v) is 22.0. The predicted molar refractivity (Wildman–Crippen MR) is 146 cm³/mol. The highest BCUT2D eigenvalue weighted by molar-refractivity contribution is 5.95. The van der Waals surface area contributed by atoms with Gasteiger partial charge in [0, 0.05) is 49.5 Å². The predicted octanol–water partition coefficient (Wildman–Crippen LogP) is 1.81. The molecule has 38 heavy (non-hydrogen) atoms. The Labute approximate surface area is 225 Å². The molecule has 1 aliphatic heterocycles. The molecule has 0 radical (unpaired) electrons. The topological polar surface area (TPSA) is 112 Å². The average molecular weight is 526 g/mol. The van der Waals surface area contributed by atoms with E-state index in [0.717, 1.165) is 23.2 Å². The molecule has 3 N–H and O–H groups in total. The lowest BCUT2D eigenvalue weighted by atomic mass is 9.89. The van der Waals surface area contributed by atoms with Crippen LogP contribution in [0.25, 0.3) is 0 Å². The van der Waals surface area contributed by atoms with Crippen LogP contribution in [0, 0.1) is 17.8 Å². The van der Waals surface area contributed by atoms with Crippen molar-refractivity contribution in [1.82, 2.24) is 5.32 Å². The van der Waals surface area contributed by atoms with Crippen LogP contribution in [0.3, 0.4) is 0 Å². The number of fused-ring (bicyclic) bond motifs is 2. The quantitative estimate of drug-likeness (QED) is 0.236. The molecule has 9 nitrogen and oxygen atoms in total. The summed E-state index contributed by atoms with van der Waals surface area (Å²) in [5.41, 5.74) is 8.04. The maximum Gasteiger partial charge on any atom is 0.228 e. The normalized spacial score (nSPS) is 15.9. The second kappa shape index (κ2) is 17.5. The van der Waals surface area contributed by atoms with Crippen LogP contribution in [-0.2, 0) is 28.5 Å². The Morgan fingerprint density at radius 1 is 0.921 bits per heavy atom. The number of amides is 2. The van der Waals surface area contributed by atoms with Crippen molar-refractivity contribution in [3.63, 3.8) is 0 Å². The molecule has 2 amide bonds. The number of ether oxygens (including phenoxy) is 4. The number of nitrogens with two attached hydrogens (primary N) is 1. The van der Waals surface area contributed by atoms with Gasteiger partial charge in [0.05, 0.1) is 58.5 Å². The Morgan fingerprint density at radius 2 is 1.61 bits per heavy atom. The third-order valence-corrected chi connectivity index (χ3v) is 6.03. The molecular weight excluding hydrogens is 486 g/mol. The second-order valence-electron chi connectivity index (χ2n) is 8.84. The van der Waals surface area contributed by atoms with Crippen molar-refractivity contribution in [3.05, 3.63) is 53.6 Å². The first kappa shape index (κ1) is 29.6. The summed E-state index contributed by atoms with van der Waals surface area (Å²) in [6.07, 6.45) is 7.45. The lowest BCUT2D eigenvalue weighted by Gasteiger charge is -2.30. The van der Waals surface area contributed by atoms with E-state index >= 15 is 0 Å². The van der Waals surface area contributed by atoms with E-state index in [1.165, 1.54) is 0 Å². The molecular formula is C29H39N3O6. The van der Waals surface area contributed by atoms with Crippen molar-refractivity contribution in [1.29, 1.82) is 0 Å². The van der Waals surface area contributed by atoms with E-state index in [0.29, 0.717) is 65.9 Å². The van der Waals surface area contributed by atoms with Crippen LogP contribution in [0.5, 0.6) is 0 Å². The molecule has 0 aromatic heterocycles. The fourth-order valence-electron chi connectivity index (χ4n) is 4.05. The molecule has 0 bridgehead atoms. The van der Waals surface area contributed by atoms with Gasteiger partial charge in [0.2, 0.25) is 11.8 Å². The number of carbonyl (C=O) groups is 2. The van der Waals surface area contributed by atoms with Crippen LogP contribution in [-0.4, -0.2) is 84.3 Å². The van der Waals surface area contributed by atoms with Gasteiger partial charge < -0.3 is 34.9 Å². The SMILES string of the molecule is NCCOCCOCCOCCOCCC(=O)NCCC(=O)N1CC2CC=CC=C2C#Cc2ccccc21. The molecule has 0 saturated carbocycles. The van der Waals surface area contributed by atoms with E-state index < -0.39 is 0 Å². The van der Waals surface area contributed by atoms with Gasteiger partial charge >= 0.3 is 0 Å². The summed E-state index contributed by atoms with van der Waals surface area (Å²) in [6, 6.07) is 7.71. The van der Waals surface area contributed by atoms with Gasteiger partial charge in [0.25, 0.3) is 0 Å². The van der Waals surface area contributed by atoms with Gasteiger partial charge in [-0.2, -0.15) is 0 Å². The van der Waals surface area contributed by atoms with E-state index in [2.05, 4.69) is 23.2 Å². The number of hydrogen-bond donors (Lipinski definition) is 2. The first-order valence-corrected chi connectivity index (χ1v) is 13.2. The summed E-state index contributed by atoms with van der Waals surface area (Å²) < 4.78 is 21.4. The number of nitrogens with one attached hydrogen (secondary N) is 1. The third-order valence-electron chi connectivity index (χ3n) is 6.03. The maximum absolute atomic E-state index is 13.2. The first-order chi connectivity index (χ1) is 18.7. The van der Waals surface area contributed by atoms with Crippen molar-refractivity contribution in [2.75, 3.05) is 77.4 Å². The number of rotatable bonds is 17. The van der Waals surface area contributed by atoms with E-state index in [1.807, 2.05) is 41.3 Å². The van der Waals surface area contributed by atoms with E-state index in [9.17, 15) is 9.59 Å². The molecule has 9 heteroatoms. The first-order valence-electron chi connectivity index (χ1n) is 13.2. The average Bonchev–Trinajstić information content (AvgIpc) is 2.92. The van der Waals surface area contributed by atoms with Crippen LogP contribution in [0.2, 0.25) is 0 Å². The van der Waals surface area contributed by atoms with Crippen LogP contribution < -0.4 is 16.0 Å². The molecule has 1 aromatic carbocycles. The van der Waals surface area contributed by atoms with Crippen LogP contribution in [0.4, 0.5) is 5.69 Å². The van der Waals surface area contributed by atoms with Gasteiger partial charge in [-0.3, -0.25) is 9.59 Å². The molecule has 1 unspecified atom stereocenters. The lowest BCUT2D eigenvalue weighted by molar-refractivity contribution is -0.122. The van der Waals surface area contributed by atoms with Crippen molar-refractivity contribution in [3.8, 4) is 11.8 Å². The fraction of sp³-hybridized carbons (Fsp3) is 0.517. The van der Waals surface area contributed by atoms with Gasteiger partial charge in [-0.05, 0) is 18.6 Å². The molecule has 1 aromatic rings.